The van der Waals surface area contributed by atoms with E-state index in [-0.39, 0.29) is 5.41 Å². The second kappa shape index (κ2) is 12.4. The minimum absolute atomic E-state index is 0.0111. The van der Waals surface area contributed by atoms with Crippen LogP contribution in [-0.4, -0.2) is 0 Å². The summed E-state index contributed by atoms with van der Waals surface area (Å²) < 4.78 is 6.25. The van der Waals surface area contributed by atoms with E-state index in [2.05, 4.69) is 196 Å². The predicted molar refractivity (Wildman–Crippen MR) is 237 cm³/mol. The van der Waals surface area contributed by atoms with Gasteiger partial charge >= 0.3 is 0 Å². The average Bonchev–Trinajstić information content (AvgIpc) is 3.72. The smallest absolute Gasteiger partial charge is 0.136 e. The third-order valence-electron chi connectivity index (χ3n) is 12.4. The first kappa shape index (κ1) is 32.8. The Morgan fingerprint density at radius 2 is 1.25 bits per heavy atom. The summed E-state index contributed by atoms with van der Waals surface area (Å²) in [5.74, 6) is 0.557. The second-order valence-corrected chi connectivity index (χ2v) is 16.2. The number of para-hydroxylation sites is 1. The van der Waals surface area contributed by atoms with Crippen LogP contribution in [0.1, 0.15) is 38.3 Å². The van der Waals surface area contributed by atoms with Crippen molar-refractivity contribution in [2.75, 3.05) is 4.90 Å². The Kier molecular flexibility index (Phi) is 7.28. The van der Waals surface area contributed by atoms with Crippen molar-refractivity contribution in [2.45, 2.75) is 32.6 Å². The summed E-state index contributed by atoms with van der Waals surface area (Å²) in [6.07, 6.45) is 5.87. The quantitative estimate of drug-likeness (QED) is 0.176. The molecule has 0 radical (unpaired) electrons. The molecule has 8 aromatic carbocycles. The molecular formula is C54H41NO. The Bertz CT molecular complexity index is 3100. The van der Waals surface area contributed by atoms with Crippen LogP contribution in [0.5, 0.6) is 0 Å². The van der Waals surface area contributed by atoms with E-state index in [1.54, 1.807) is 5.57 Å². The number of hydrogen-bond acceptors (Lipinski definition) is 2. The fraction of sp³-hybridized carbons (Fsp3) is 0.111. The number of furan rings is 1. The van der Waals surface area contributed by atoms with E-state index < -0.39 is 0 Å². The third kappa shape index (κ3) is 5.09. The van der Waals surface area contributed by atoms with E-state index in [0.717, 1.165) is 40.0 Å². The van der Waals surface area contributed by atoms with Gasteiger partial charge < -0.3 is 9.32 Å². The van der Waals surface area contributed by atoms with Crippen molar-refractivity contribution >= 4 is 66.1 Å². The van der Waals surface area contributed by atoms with Gasteiger partial charge in [-0.05, 0) is 127 Å². The van der Waals surface area contributed by atoms with Crippen molar-refractivity contribution in [3.05, 3.63) is 193 Å². The molecule has 0 fully saturated rings. The van der Waals surface area contributed by atoms with Gasteiger partial charge in [0.05, 0.1) is 0 Å². The molecule has 1 aromatic heterocycles. The molecule has 1 atom stereocenters. The van der Waals surface area contributed by atoms with Crippen molar-refractivity contribution in [2.24, 2.45) is 5.92 Å². The van der Waals surface area contributed by atoms with Crippen LogP contribution in [-0.2, 0) is 5.41 Å². The summed E-state index contributed by atoms with van der Waals surface area (Å²) in [4.78, 5) is 2.43. The van der Waals surface area contributed by atoms with Gasteiger partial charge in [-0.25, -0.2) is 0 Å². The van der Waals surface area contributed by atoms with Gasteiger partial charge in [0.25, 0.3) is 0 Å². The predicted octanol–water partition coefficient (Wildman–Crippen LogP) is 15.3. The largest absolute Gasteiger partial charge is 0.456 e. The van der Waals surface area contributed by atoms with Gasteiger partial charge in [0.2, 0.25) is 0 Å². The SMILES string of the molecule is CC1C=CC2=C(C1)C(C)(C)c1ccc(N(c3ccc(-c4ccc5ccc6oc7ccccc7c6c5c4)cc3)c3cccc(-c4cccc5ccccc45)c3)cc12. The fourth-order valence-electron chi connectivity index (χ4n) is 9.57. The van der Waals surface area contributed by atoms with Crippen LogP contribution in [0.15, 0.2) is 186 Å². The molecule has 0 saturated carbocycles. The molecule has 11 rings (SSSR count). The van der Waals surface area contributed by atoms with Crippen molar-refractivity contribution in [1.82, 2.24) is 0 Å². The van der Waals surface area contributed by atoms with E-state index in [1.165, 1.54) is 65.9 Å². The lowest BCUT2D eigenvalue weighted by Crippen LogP contribution is -2.19. The molecule has 0 N–H and O–H groups in total. The first-order chi connectivity index (χ1) is 27.4. The molecule has 1 unspecified atom stereocenters. The monoisotopic (exact) mass is 719 g/mol. The number of hydrogen-bond donors (Lipinski definition) is 0. The number of rotatable bonds is 5. The molecule has 0 bridgehead atoms. The van der Waals surface area contributed by atoms with Gasteiger partial charge in [-0.1, -0.05) is 148 Å². The molecule has 268 valence electrons. The van der Waals surface area contributed by atoms with Crippen LogP contribution in [0, 0.1) is 5.92 Å². The number of anilines is 3. The van der Waals surface area contributed by atoms with Crippen molar-refractivity contribution in [3.8, 4) is 22.3 Å². The summed E-state index contributed by atoms with van der Waals surface area (Å²) in [6.45, 7) is 7.13. The second-order valence-electron chi connectivity index (χ2n) is 16.2. The molecule has 2 aliphatic rings. The average molecular weight is 720 g/mol. The van der Waals surface area contributed by atoms with E-state index in [0.29, 0.717) is 5.92 Å². The van der Waals surface area contributed by atoms with Crippen molar-refractivity contribution < 1.29 is 4.42 Å². The van der Waals surface area contributed by atoms with Gasteiger partial charge in [0.15, 0.2) is 0 Å². The van der Waals surface area contributed by atoms with Crippen LogP contribution >= 0.6 is 0 Å². The molecular weight excluding hydrogens is 679 g/mol. The van der Waals surface area contributed by atoms with E-state index in [4.69, 9.17) is 4.42 Å². The highest BCUT2D eigenvalue weighted by Crippen LogP contribution is 2.52. The number of nitrogens with zero attached hydrogens (tertiary/aromatic N) is 1. The van der Waals surface area contributed by atoms with Gasteiger partial charge in [-0.15, -0.1) is 0 Å². The maximum atomic E-state index is 6.25. The van der Waals surface area contributed by atoms with E-state index >= 15 is 0 Å². The Morgan fingerprint density at radius 1 is 0.536 bits per heavy atom. The normalized spacial score (nSPS) is 15.9. The molecule has 0 saturated heterocycles. The zero-order chi connectivity index (χ0) is 37.5. The molecule has 2 aliphatic carbocycles. The summed E-state index contributed by atoms with van der Waals surface area (Å²) in [5, 5.41) is 7.26. The zero-order valence-corrected chi connectivity index (χ0v) is 31.9. The van der Waals surface area contributed by atoms with Crippen molar-refractivity contribution in [1.29, 1.82) is 0 Å². The minimum Gasteiger partial charge on any atom is -0.456 e. The van der Waals surface area contributed by atoms with Gasteiger partial charge in [-0.2, -0.15) is 0 Å². The first-order valence-electron chi connectivity index (χ1n) is 19.8. The standard InChI is InChI=1S/C54H41NO/c1-34-18-27-45-48-33-42(26-28-49(48)54(2,3)50(45)30-34)55(41-13-8-12-39(31-41)44-16-9-11-36-10-4-5-14-43(36)44)40-24-21-35(22-25-40)38-20-19-37-23-29-52-53(47(37)32-38)46-15-6-7-17-51(46)56-52/h4-29,31-34H,30H2,1-3H3. The van der Waals surface area contributed by atoms with Crippen LogP contribution < -0.4 is 4.90 Å². The number of allylic oxidation sites excluding steroid dienone is 4. The van der Waals surface area contributed by atoms with Crippen molar-refractivity contribution in [3.63, 3.8) is 0 Å². The maximum absolute atomic E-state index is 6.25. The first-order valence-corrected chi connectivity index (χ1v) is 19.8. The van der Waals surface area contributed by atoms with Gasteiger partial charge in [-0.3, -0.25) is 0 Å². The maximum Gasteiger partial charge on any atom is 0.136 e. The Balaban J connectivity index is 1.05. The van der Waals surface area contributed by atoms with Crippen LogP contribution in [0.3, 0.4) is 0 Å². The molecule has 0 aliphatic heterocycles. The number of fused-ring (bicyclic) bond motifs is 8. The molecule has 0 spiro atoms. The fourth-order valence-corrected chi connectivity index (χ4v) is 9.57. The Hall–Kier alpha value is -6.64. The lowest BCUT2D eigenvalue weighted by Gasteiger charge is -2.29. The molecule has 9 aromatic rings. The highest BCUT2D eigenvalue weighted by atomic mass is 16.3. The zero-order valence-electron chi connectivity index (χ0n) is 31.9. The lowest BCUT2D eigenvalue weighted by atomic mass is 9.76. The highest BCUT2D eigenvalue weighted by molar-refractivity contribution is 6.19. The Morgan fingerprint density at radius 3 is 2.14 bits per heavy atom. The highest BCUT2D eigenvalue weighted by Gasteiger charge is 2.38. The van der Waals surface area contributed by atoms with Gasteiger partial charge in [0, 0.05) is 33.2 Å². The lowest BCUT2D eigenvalue weighted by molar-refractivity contribution is 0.566. The Labute approximate surface area is 327 Å². The minimum atomic E-state index is 0.0111. The molecule has 0 amide bonds. The summed E-state index contributed by atoms with van der Waals surface area (Å²) in [7, 11) is 0. The molecule has 1 heterocycles. The summed E-state index contributed by atoms with van der Waals surface area (Å²) in [6, 6.07) is 60.0. The summed E-state index contributed by atoms with van der Waals surface area (Å²) >= 11 is 0. The molecule has 2 heteroatoms. The topological polar surface area (TPSA) is 16.4 Å². The van der Waals surface area contributed by atoms with E-state index in [9.17, 15) is 0 Å². The van der Waals surface area contributed by atoms with Gasteiger partial charge in [0.1, 0.15) is 11.2 Å². The van der Waals surface area contributed by atoms with Crippen LogP contribution in [0.25, 0.3) is 71.3 Å². The third-order valence-corrected chi connectivity index (χ3v) is 12.4. The van der Waals surface area contributed by atoms with Crippen LogP contribution in [0.2, 0.25) is 0 Å². The van der Waals surface area contributed by atoms with E-state index in [1.807, 2.05) is 6.07 Å². The molecule has 56 heavy (non-hydrogen) atoms. The summed E-state index contributed by atoms with van der Waals surface area (Å²) in [5.41, 5.74) is 15.8. The molecule has 2 nitrogen and oxygen atoms in total. The van der Waals surface area contributed by atoms with Crippen LogP contribution in [0.4, 0.5) is 17.1 Å². The number of benzene rings is 8.